The number of hydrogen-bond acceptors (Lipinski definition) is 4. The Morgan fingerprint density at radius 2 is 1.62 bits per heavy atom. The van der Waals surface area contributed by atoms with E-state index < -0.39 is 0 Å². The van der Waals surface area contributed by atoms with E-state index in [9.17, 15) is 9.59 Å². The maximum atomic E-state index is 12.5. The molecular formula is C20H19N3O3. The third kappa shape index (κ3) is 3.80. The number of rotatable bonds is 4. The molecule has 2 amide bonds. The van der Waals surface area contributed by atoms with E-state index in [0.717, 1.165) is 16.8 Å². The van der Waals surface area contributed by atoms with E-state index >= 15 is 0 Å². The zero-order valence-electron chi connectivity index (χ0n) is 14.8. The van der Waals surface area contributed by atoms with Crippen molar-refractivity contribution in [3.8, 4) is 11.1 Å². The lowest BCUT2D eigenvalue weighted by Crippen LogP contribution is -2.12. The van der Waals surface area contributed by atoms with Gasteiger partial charge >= 0.3 is 0 Å². The third-order valence-corrected chi connectivity index (χ3v) is 3.91. The van der Waals surface area contributed by atoms with Crippen molar-refractivity contribution in [2.24, 2.45) is 0 Å². The van der Waals surface area contributed by atoms with Gasteiger partial charge in [0.05, 0.1) is 5.69 Å². The van der Waals surface area contributed by atoms with Gasteiger partial charge in [0.15, 0.2) is 0 Å². The van der Waals surface area contributed by atoms with Gasteiger partial charge in [0.2, 0.25) is 5.91 Å². The second-order valence-electron chi connectivity index (χ2n) is 5.99. The number of benzene rings is 2. The Morgan fingerprint density at radius 1 is 0.962 bits per heavy atom. The molecule has 0 saturated heterocycles. The second-order valence-corrected chi connectivity index (χ2v) is 5.99. The van der Waals surface area contributed by atoms with Gasteiger partial charge in [-0.2, -0.15) is 0 Å². The van der Waals surface area contributed by atoms with E-state index in [1.807, 2.05) is 32.0 Å². The fraction of sp³-hybridized carbons (Fsp3) is 0.150. The molecule has 3 aromatic rings. The van der Waals surface area contributed by atoms with Crippen molar-refractivity contribution in [3.63, 3.8) is 0 Å². The molecule has 0 bridgehead atoms. The van der Waals surface area contributed by atoms with Gasteiger partial charge in [0.1, 0.15) is 5.76 Å². The van der Waals surface area contributed by atoms with Gasteiger partial charge < -0.3 is 15.2 Å². The standard InChI is InChI=1S/C20H19N3O3/c1-12-19(13(2)26-23-12)15-5-4-6-16(11-15)20(25)22-18-9-7-17(8-10-18)21-14(3)24/h4-11H,1-3H3,(H,21,24)(H,22,25). The molecule has 132 valence electrons. The first-order valence-corrected chi connectivity index (χ1v) is 8.16. The Morgan fingerprint density at radius 3 is 2.19 bits per heavy atom. The molecule has 6 nitrogen and oxygen atoms in total. The molecule has 0 atom stereocenters. The Bertz CT molecular complexity index is 939. The van der Waals surface area contributed by atoms with Gasteiger partial charge in [-0.15, -0.1) is 0 Å². The van der Waals surface area contributed by atoms with E-state index in [0.29, 0.717) is 22.7 Å². The van der Waals surface area contributed by atoms with Crippen LogP contribution in [-0.4, -0.2) is 17.0 Å². The van der Waals surface area contributed by atoms with Crippen LogP contribution in [0.25, 0.3) is 11.1 Å². The van der Waals surface area contributed by atoms with E-state index in [-0.39, 0.29) is 11.8 Å². The quantitative estimate of drug-likeness (QED) is 0.740. The highest BCUT2D eigenvalue weighted by atomic mass is 16.5. The summed E-state index contributed by atoms with van der Waals surface area (Å²) >= 11 is 0. The molecule has 6 heteroatoms. The largest absolute Gasteiger partial charge is 0.361 e. The zero-order valence-corrected chi connectivity index (χ0v) is 14.8. The van der Waals surface area contributed by atoms with Gasteiger partial charge in [0, 0.05) is 29.4 Å². The fourth-order valence-electron chi connectivity index (χ4n) is 2.75. The number of anilines is 2. The average Bonchev–Trinajstić information content (AvgIpc) is 2.95. The fourth-order valence-corrected chi connectivity index (χ4v) is 2.75. The topological polar surface area (TPSA) is 84.2 Å². The summed E-state index contributed by atoms with van der Waals surface area (Å²) in [4.78, 5) is 23.6. The minimum absolute atomic E-state index is 0.141. The summed E-state index contributed by atoms with van der Waals surface area (Å²) in [5.74, 6) is 0.359. The molecule has 3 rings (SSSR count). The number of nitrogens with zero attached hydrogens (tertiary/aromatic N) is 1. The van der Waals surface area contributed by atoms with Gasteiger partial charge in [-0.3, -0.25) is 9.59 Å². The summed E-state index contributed by atoms with van der Waals surface area (Å²) in [5.41, 5.74) is 4.43. The van der Waals surface area contributed by atoms with E-state index in [1.165, 1.54) is 6.92 Å². The SMILES string of the molecule is CC(=O)Nc1ccc(NC(=O)c2cccc(-c3c(C)noc3C)c2)cc1. The van der Waals surface area contributed by atoms with Crippen molar-refractivity contribution in [2.45, 2.75) is 20.8 Å². The predicted molar refractivity (Wildman–Crippen MR) is 100 cm³/mol. The molecule has 1 aromatic heterocycles. The summed E-state index contributed by atoms with van der Waals surface area (Å²) in [5, 5.41) is 9.49. The Balaban J connectivity index is 1.78. The number of aromatic nitrogens is 1. The van der Waals surface area contributed by atoms with Crippen LogP contribution in [0.1, 0.15) is 28.7 Å². The van der Waals surface area contributed by atoms with Crippen LogP contribution in [0.4, 0.5) is 11.4 Å². The third-order valence-electron chi connectivity index (χ3n) is 3.91. The molecule has 0 fully saturated rings. The highest BCUT2D eigenvalue weighted by Gasteiger charge is 2.14. The van der Waals surface area contributed by atoms with Crippen LogP contribution >= 0.6 is 0 Å². The normalized spacial score (nSPS) is 10.4. The van der Waals surface area contributed by atoms with Crippen molar-refractivity contribution in [1.29, 1.82) is 0 Å². The summed E-state index contributed by atoms with van der Waals surface area (Å²) in [6, 6.07) is 14.3. The lowest BCUT2D eigenvalue weighted by atomic mass is 10.0. The van der Waals surface area contributed by atoms with Crippen molar-refractivity contribution in [1.82, 2.24) is 5.16 Å². The highest BCUT2D eigenvalue weighted by molar-refractivity contribution is 6.05. The highest BCUT2D eigenvalue weighted by Crippen LogP contribution is 2.27. The van der Waals surface area contributed by atoms with Crippen LogP contribution in [0.5, 0.6) is 0 Å². The second kappa shape index (κ2) is 7.23. The van der Waals surface area contributed by atoms with Crippen LogP contribution in [0, 0.1) is 13.8 Å². The van der Waals surface area contributed by atoms with E-state index in [2.05, 4.69) is 15.8 Å². The molecule has 0 aliphatic heterocycles. The van der Waals surface area contributed by atoms with Crippen LogP contribution in [0.2, 0.25) is 0 Å². The number of carbonyl (C=O) groups excluding carboxylic acids is 2. The summed E-state index contributed by atoms with van der Waals surface area (Å²) in [6.07, 6.45) is 0. The molecular weight excluding hydrogens is 330 g/mol. The maximum Gasteiger partial charge on any atom is 0.255 e. The number of nitrogens with one attached hydrogen (secondary N) is 2. The first kappa shape index (κ1) is 17.4. The number of aryl methyl sites for hydroxylation is 2. The van der Waals surface area contributed by atoms with Crippen molar-refractivity contribution < 1.29 is 14.1 Å². The minimum atomic E-state index is -0.217. The molecule has 0 aliphatic carbocycles. The summed E-state index contributed by atoms with van der Waals surface area (Å²) in [6.45, 7) is 5.16. The monoisotopic (exact) mass is 349 g/mol. The van der Waals surface area contributed by atoms with Crippen LogP contribution < -0.4 is 10.6 Å². The summed E-state index contributed by atoms with van der Waals surface area (Å²) < 4.78 is 5.20. The Labute approximate surface area is 151 Å². The van der Waals surface area contributed by atoms with Gasteiger partial charge in [0.25, 0.3) is 5.91 Å². The van der Waals surface area contributed by atoms with Crippen LogP contribution in [-0.2, 0) is 4.79 Å². The molecule has 0 unspecified atom stereocenters. The molecule has 0 spiro atoms. The van der Waals surface area contributed by atoms with Crippen LogP contribution in [0.15, 0.2) is 53.1 Å². The van der Waals surface area contributed by atoms with Gasteiger partial charge in [-0.05, 0) is 55.8 Å². The number of carbonyl (C=O) groups is 2. The lowest BCUT2D eigenvalue weighted by molar-refractivity contribution is -0.114. The van der Waals surface area contributed by atoms with Crippen molar-refractivity contribution in [3.05, 3.63) is 65.5 Å². The minimum Gasteiger partial charge on any atom is -0.361 e. The lowest BCUT2D eigenvalue weighted by Gasteiger charge is -2.08. The zero-order chi connectivity index (χ0) is 18.7. The molecule has 2 N–H and O–H groups in total. The average molecular weight is 349 g/mol. The first-order valence-electron chi connectivity index (χ1n) is 8.16. The first-order chi connectivity index (χ1) is 12.4. The van der Waals surface area contributed by atoms with Crippen molar-refractivity contribution in [2.75, 3.05) is 10.6 Å². The van der Waals surface area contributed by atoms with E-state index in [4.69, 9.17) is 4.52 Å². The van der Waals surface area contributed by atoms with Gasteiger partial charge in [-0.1, -0.05) is 17.3 Å². The molecule has 2 aromatic carbocycles. The Hall–Kier alpha value is -3.41. The number of hydrogen-bond donors (Lipinski definition) is 2. The van der Waals surface area contributed by atoms with E-state index in [1.54, 1.807) is 30.3 Å². The maximum absolute atomic E-state index is 12.5. The Kier molecular flexibility index (Phi) is 4.84. The molecule has 0 aliphatic rings. The van der Waals surface area contributed by atoms with Crippen molar-refractivity contribution >= 4 is 23.2 Å². The molecule has 0 saturated carbocycles. The smallest absolute Gasteiger partial charge is 0.255 e. The number of amides is 2. The van der Waals surface area contributed by atoms with Crippen LogP contribution in [0.3, 0.4) is 0 Å². The predicted octanol–water partition coefficient (Wildman–Crippen LogP) is 4.17. The summed E-state index contributed by atoms with van der Waals surface area (Å²) in [7, 11) is 0. The molecule has 26 heavy (non-hydrogen) atoms. The molecule has 0 radical (unpaired) electrons. The van der Waals surface area contributed by atoms with Gasteiger partial charge in [-0.25, -0.2) is 0 Å². The molecule has 1 heterocycles.